The Morgan fingerprint density at radius 1 is 1.07 bits per heavy atom. The van der Waals surface area contributed by atoms with Crippen molar-refractivity contribution in [3.63, 3.8) is 0 Å². The number of benzene rings is 1. The average Bonchev–Trinajstić information content (AvgIpc) is 3.66. The fourth-order valence-electron chi connectivity index (χ4n) is 6.31. The van der Waals surface area contributed by atoms with Gasteiger partial charge in [0.05, 0.1) is 29.7 Å². The molecule has 3 amide bonds. The molecule has 3 aromatic rings. The molecule has 3 aliphatic heterocycles. The summed E-state index contributed by atoms with van der Waals surface area (Å²) in [4.78, 5) is 56.5. The predicted molar refractivity (Wildman–Crippen MR) is 152 cm³/mol. The Hall–Kier alpha value is -4.39. The number of nitrogens with zero attached hydrogens (tertiary/aromatic N) is 5. The van der Waals surface area contributed by atoms with Crippen molar-refractivity contribution in [3.8, 4) is 5.88 Å². The number of hydrogen-bond acceptors (Lipinski definition) is 8. The van der Waals surface area contributed by atoms with Crippen LogP contribution in [0.3, 0.4) is 0 Å². The Balaban J connectivity index is 0.957. The van der Waals surface area contributed by atoms with E-state index in [0.29, 0.717) is 50.7 Å². The molecule has 2 aromatic heterocycles. The molecule has 2 bridgehead atoms. The maximum Gasteiger partial charge on any atom is 0.407 e. The van der Waals surface area contributed by atoms with E-state index in [-0.39, 0.29) is 30.1 Å². The zero-order valence-electron chi connectivity index (χ0n) is 23.4. The molecule has 3 aliphatic rings. The highest BCUT2D eigenvalue weighted by atomic mass is 16.5. The SMILES string of the molecule is Cn1c(=O)n(C2CCC(=O)NC2=O)c2ccc(CCCOCCOc3cccc(N4C[C@H]5C[C@@H]4CN5C(=O)O)n3)cc21. The number of imide groups is 1. The van der Waals surface area contributed by atoms with Crippen LogP contribution in [0.25, 0.3) is 11.0 Å². The monoisotopic (exact) mass is 578 g/mol. The van der Waals surface area contributed by atoms with Crippen molar-refractivity contribution in [1.82, 2.24) is 24.3 Å². The smallest absolute Gasteiger partial charge is 0.407 e. The molecule has 3 saturated heterocycles. The van der Waals surface area contributed by atoms with Crippen LogP contribution in [0.5, 0.6) is 5.88 Å². The summed E-state index contributed by atoms with van der Waals surface area (Å²) in [6, 6.07) is 10.9. The lowest BCUT2D eigenvalue weighted by atomic mass is 10.1. The van der Waals surface area contributed by atoms with Crippen LogP contribution in [0.1, 0.15) is 37.3 Å². The van der Waals surface area contributed by atoms with Crippen molar-refractivity contribution in [1.29, 1.82) is 0 Å². The highest BCUT2D eigenvalue weighted by molar-refractivity contribution is 6.00. The van der Waals surface area contributed by atoms with Crippen LogP contribution < -0.4 is 20.6 Å². The number of pyridine rings is 1. The zero-order valence-corrected chi connectivity index (χ0v) is 23.4. The molecule has 0 aliphatic carbocycles. The highest BCUT2D eigenvalue weighted by Gasteiger charge is 2.45. The number of hydrogen-bond donors (Lipinski definition) is 2. The number of piperazine rings is 1. The minimum atomic E-state index is -0.859. The number of amides is 3. The van der Waals surface area contributed by atoms with Gasteiger partial charge in [-0.2, -0.15) is 4.98 Å². The Kier molecular flexibility index (Phi) is 7.58. The first-order valence-corrected chi connectivity index (χ1v) is 14.3. The average molecular weight is 579 g/mol. The molecule has 13 heteroatoms. The van der Waals surface area contributed by atoms with Crippen molar-refractivity contribution in [2.75, 3.05) is 37.8 Å². The van der Waals surface area contributed by atoms with Crippen LogP contribution in [-0.4, -0.2) is 87.0 Å². The van der Waals surface area contributed by atoms with Gasteiger partial charge < -0.3 is 24.4 Å². The molecule has 222 valence electrons. The third-order valence-corrected chi connectivity index (χ3v) is 8.40. The molecular formula is C29H34N6O7. The number of piperidine rings is 1. The van der Waals surface area contributed by atoms with Crippen LogP contribution in [-0.2, 0) is 27.8 Å². The van der Waals surface area contributed by atoms with Gasteiger partial charge in [-0.1, -0.05) is 12.1 Å². The fraction of sp³-hybridized carbons (Fsp3) is 0.483. The number of aryl methyl sites for hydroxylation is 2. The summed E-state index contributed by atoms with van der Waals surface area (Å²) in [6.45, 7) is 2.46. The molecular weight excluding hydrogens is 544 g/mol. The number of ether oxygens (including phenoxy) is 2. The van der Waals surface area contributed by atoms with E-state index in [4.69, 9.17) is 9.47 Å². The summed E-state index contributed by atoms with van der Waals surface area (Å²) in [5.74, 6) is 0.555. The molecule has 0 radical (unpaired) electrons. The summed E-state index contributed by atoms with van der Waals surface area (Å²) in [7, 11) is 1.69. The number of anilines is 1. The van der Waals surface area contributed by atoms with Crippen LogP contribution in [0.15, 0.2) is 41.2 Å². The molecule has 2 N–H and O–H groups in total. The molecule has 42 heavy (non-hydrogen) atoms. The second kappa shape index (κ2) is 11.5. The van der Waals surface area contributed by atoms with Gasteiger partial charge in [-0.15, -0.1) is 0 Å². The van der Waals surface area contributed by atoms with E-state index in [9.17, 15) is 24.3 Å². The number of nitrogens with one attached hydrogen (secondary N) is 1. The van der Waals surface area contributed by atoms with E-state index in [2.05, 4.69) is 15.2 Å². The zero-order chi connectivity index (χ0) is 29.4. The Bertz CT molecular complexity index is 1580. The molecule has 13 nitrogen and oxygen atoms in total. The third-order valence-electron chi connectivity index (χ3n) is 8.40. The second-order valence-corrected chi connectivity index (χ2v) is 11.0. The minimum absolute atomic E-state index is 0.0139. The van der Waals surface area contributed by atoms with Crippen molar-refractivity contribution >= 4 is 34.8 Å². The van der Waals surface area contributed by atoms with Gasteiger partial charge in [-0.3, -0.25) is 24.0 Å². The van der Waals surface area contributed by atoms with Crippen molar-refractivity contribution in [2.45, 2.75) is 50.2 Å². The number of aromatic nitrogens is 3. The van der Waals surface area contributed by atoms with Crippen LogP contribution in [0, 0.1) is 0 Å². The molecule has 0 spiro atoms. The first kappa shape index (κ1) is 27.8. The molecule has 5 heterocycles. The molecule has 6 rings (SSSR count). The van der Waals surface area contributed by atoms with Crippen molar-refractivity contribution < 1.29 is 29.0 Å². The Labute approximate surface area is 241 Å². The fourth-order valence-corrected chi connectivity index (χ4v) is 6.31. The van der Waals surface area contributed by atoms with Crippen LogP contribution >= 0.6 is 0 Å². The third kappa shape index (κ3) is 5.31. The lowest BCUT2D eigenvalue weighted by molar-refractivity contribution is -0.135. The number of rotatable bonds is 10. The van der Waals surface area contributed by atoms with E-state index < -0.39 is 18.0 Å². The van der Waals surface area contributed by atoms with Gasteiger partial charge in [0, 0.05) is 39.2 Å². The Morgan fingerprint density at radius 3 is 2.69 bits per heavy atom. The van der Waals surface area contributed by atoms with Gasteiger partial charge in [0.25, 0.3) is 0 Å². The molecule has 0 saturated carbocycles. The second-order valence-electron chi connectivity index (χ2n) is 11.0. The van der Waals surface area contributed by atoms with E-state index in [1.54, 1.807) is 17.7 Å². The summed E-state index contributed by atoms with van der Waals surface area (Å²) < 4.78 is 14.6. The van der Waals surface area contributed by atoms with Crippen molar-refractivity contribution in [2.24, 2.45) is 7.05 Å². The minimum Gasteiger partial charge on any atom is -0.475 e. The van der Waals surface area contributed by atoms with Gasteiger partial charge in [0.2, 0.25) is 17.7 Å². The number of imidazole rings is 1. The maximum atomic E-state index is 12.9. The summed E-state index contributed by atoms with van der Waals surface area (Å²) in [5.41, 5.74) is 2.19. The number of fused-ring (bicyclic) bond motifs is 3. The number of carbonyl (C=O) groups excluding carboxylic acids is 2. The van der Waals surface area contributed by atoms with Gasteiger partial charge >= 0.3 is 11.8 Å². The first-order valence-electron chi connectivity index (χ1n) is 14.3. The van der Waals surface area contributed by atoms with Gasteiger partial charge in [-0.25, -0.2) is 9.59 Å². The van der Waals surface area contributed by atoms with Gasteiger partial charge in [0.15, 0.2) is 0 Å². The number of carboxylic acid groups (broad SMARTS) is 1. The lowest BCUT2D eigenvalue weighted by Crippen LogP contribution is -2.48. The van der Waals surface area contributed by atoms with Gasteiger partial charge in [0.1, 0.15) is 18.5 Å². The molecule has 1 aromatic carbocycles. The van der Waals surface area contributed by atoms with Gasteiger partial charge in [-0.05, 0) is 49.4 Å². The number of likely N-dealkylation sites (tertiary alicyclic amines) is 1. The number of carbonyl (C=O) groups is 3. The standard InChI is InChI=1S/C29H34N6O7/c1-32-23-14-18(7-8-21(23)35(28(32)38)22-9-10-25(36)31-27(22)37)4-3-11-41-12-13-42-26-6-2-5-24(30-26)33-16-20-15-19(33)17-34(20)29(39)40/h2,5-8,14,19-20,22H,3-4,9-13,15-17H2,1H3,(H,39,40)(H,31,36,37)/t19-,20-,22?/m1/s1. The largest absolute Gasteiger partial charge is 0.475 e. The normalized spacial score (nSPS) is 21.8. The van der Waals surface area contributed by atoms with E-state index in [1.165, 1.54) is 9.47 Å². The maximum absolute atomic E-state index is 12.9. The molecule has 3 atom stereocenters. The van der Waals surface area contributed by atoms with E-state index >= 15 is 0 Å². The van der Waals surface area contributed by atoms with Crippen molar-refractivity contribution in [3.05, 3.63) is 52.4 Å². The van der Waals surface area contributed by atoms with Crippen LogP contribution in [0.2, 0.25) is 0 Å². The molecule has 3 fully saturated rings. The van der Waals surface area contributed by atoms with Crippen LogP contribution in [0.4, 0.5) is 10.6 Å². The topological polar surface area (TPSA) is 148 Å². The highest BCUT2D eigenvalue weighted by Crippen LogP contribution is 2.34. The molecule has 1 unspecified atom stereocenters. The predicted octanol–water partition coefficient (Wildman–Crippen LogP) is 1.68. The Morgan fingerprint density at radius 2 is 1.93 bits per heavy atom. The summed E-state index contributed by atoms with van der Waals surface area (Å²) in [6.07, 6.45) is 2.03. The quantitative estimate of drug-likeness (QED) is 0.271. The first-order chi connectivity index (χ1) is 20.3. The van der Waals surface area contributed by atoms with E-state index in [1.807, 2.05) is 30.3 Å². The van der Waals surface area contributed by atoms with E-state index in [0.717, 1.165) is 36.2 Å². The summed E-state index contributed by atoms with van der Waals surface area (Å²) >= 11 is 0. The summed E-state index contributed by atoms with van der Waals surface area (Å²) in [5, 5.41) is 11.6. The lowest BCUT2D eigenvalue weighted by Gasteiger charge is -2.33.